The van der Waals surface area contributed by atoms with Crippen LogP contribution in [0.3, 0.4) is 0 Å². The van der Waals surface area contributed by atoms with Gasteiger partial charge in [-0.15, -0.1) is 0 Å². The summed E-state index contributed by atoms with van der Waals surface area (Å²) >= 11 is 0. The van der Waals surface area contributed by atoms with E-state index in [0.717, 1.165) is 25.9 Å². The van der Waals surface area contributed by atoms with E-state index in [4.69, 9.17) is 9.47 Å². The van der Waals surface area contributed by atoms with Gasteiger partial charge in [-0.25, -0.2) is 13.1 Å². The Kier molecular flexibility index (Phi) is 6.55. The Morgan fingerprint density at radius 2 is 1.87 bits per heavy atom. The van der Waals surface area contributed by atoms with Gasteiger partial charge in [0.05, 0.1) is 18.1 Å². The molecule has 0 saturated carbocycles. The molecule has 23 heavy (non-hydrogen) atoms. The van der Waals surface area contributed by atoms with Crippen LogP contribution < -0.4 is 10.0 Å². The lowest BCUT2D eigenvalue weighted by Gasteiger charge is -2.37. The molecule has 0 bridgehead atoms. The lowest BCUT2D eigenvalue weighted by Crippen LogP contribution is -2.47. The summed E-state index contributed by atoms with van der Waals surface area (Å²) < 4.78 is 38.6. The first-order valence-electron chi connectivity index (χ1n) is 7.79. The van der Waals surface area contributed by atoms with Crippen molar-refractivity contribution >= 4 is 10.0 Å². The van der Waals surface area contributed by atoms with Crippen LogP contribution in [0.5, 0.6) is 0 Å². The Morgan fingerprint density at radius 1 is 1.17 bits per heavy atom. The maximum absolute atomic E-state index is 12.7. The monoisotopic (exact) mass is 342 g/mol. The maximum Gasteiger partial charge on any atom is 0.240 e. The highest BCUT2D eigenvalue weighted by molar-refractivity contribution is 7.89. The fourth-order valence-electron chi connectivity index (χ4n) is 3.00. The number of nitrogens with one attached hydrogen (secondary N) is 2. The molecule has 1 heterocycles. The quantitative estimate of drug-likeness (QED) is 0.741. The Hall–Kier alpha value is -0.990. The van der Waals surface area contributed by atoms with E-state index in [-0.39, 0.29) is 16.9 Å². The minimum atomic E-state index is -3.57. The van der Waals surface area contributed by atoms with Gasteiger partial charge in [0.2, 0.25) is 10.0 Å². The zero-order valence-corrected chi connectivity index (χ0v) is 14.6. The van der Waals surface area contributed by atoms with Crippen molar-refractivity contribution in [2.24, 2.45) is 5.41 Å². The number of hydrogen-bond acceptors (Lipinski definition) is 5. The Balaban J connectivity index is 2.14. The van der Waals surface area contributed by atoms with Crippen molar-refractivity contribution in [2.75, 3.05) is 40.5 Å². The van der Waals surface area contributed by atoms with Gasteiger partial charge in [0, 0.05) is 26.2 Å². The van der Waals surface area contributed by atoms with Crippen LogP contribution in [0.2, 0.25) is 0 Å². The molecule has 0 spiro atoms. The topological polar surface area (TPSA) is 76.7 Å². The predicted octanol–water partition coefficient (Wildman–Crippen LogP) is 1.13. The van der Waals surface area contributed by atoms with Gasteiger partial charge in [-0.2, -0.15) is 0 Å². The van der Waals surface area contributed by atoms with Gasteiger partial charge in [0.15, 0.2) is 0 Å². The summed E-state index contributed by atoms with van der Waals surface area (Å²) in [7, 11) is -0.361. The number of rotatable bonds is 8. The Bertz CT molecular complexity index is 592. The van der Waals surface area contributed by atoms with E-state index in [9.17, 15) is 8.42 Å². The molecule has 2 N–H and O–H groups in total. The van der Waals surface area contributed by atoms with Gasteiger partial charge >= 0.3 is 0 Å². The van der Waals surface area contributed by atoms with Gasteiger partial charge in [-0.3, -0.25) is 0 Å². The molecule has 2 rings (SSSR count). The zero-order valence-electron chi connectivity index (χ0n) is 13.8. The van der Waals surface area contributed by atoms with E-state index in [1.165, 1.54) is 0 Å². The highest BCUT2D eigenvalue weighted by atomic mass is 32.2. The third kappa shape index (κ3) is 4.74. The summed E-state index contributed by atoms with van der Waals surface area (Å²) in [6, 6.07) is 6.92. The molecule has 1 saturated heterocycles. The van der Waals surface area contributed by atoms with Crippen molar-refractivity contribution in [1.82, 2.24) is 10.0 Å². The molecule has 0 unspecified atom stereocenters. The van der Waals surface area contributed by atoms with E-state index >= 15 is 0 Å². The predicted molar refractivity (Wildman–Crippen MR) is 88.8 cm³/mol. The van der Waals surface area contributed by atoms with E-state index in [1.807, 2.05) is 6.07 Å². The number of ether oxygens (including phenoxy) is 2. The third-order valence-electron chi connectivity index (χ3n) is 4.31. The molecular weight excluding hydrogens is 316 g/mol. The first-order valence-corrected chi connectivity index (χ1v) is 9.27. The minimum absolute atomic E-state index is 0.150. The average molecular weight is 342 g/mol. The first kappa shape index (κ1) is 18.4. The number of piperidine rings is 1. The van der Waals surface area contributed by atoms with Crippen molar-refractivity contribution in [3.63, 3.8) is 0 Å². The van der Waals surface area contributed by atoms with Gasteiger partial charge in [0.1, 0.15) is 0 Å². The molecule has 0 amide bonds. The molecule has 1 aromatic carbocycles. The lowest BCUT2D eigenvalue weighted by atomic mass is 9.80. The molecular formula is C16H26N2O4S. The molecule has 0 radical (unpaired) electrons. The van der Waals surface area contributed by atoms with Crippen LogP contribution in [0.15, 0.2) is 29.2 Å². The van der Waals surface area contributed by atoms with Gasteiger partial charge in [-0.1, -0.05) is 18.2 Å². The number of benzene rings is 1. The second kappa shape index (κ2) is 8.21. The molecule has 0 atom stereocenters. The lowest BCUT2D eigenvalue weighted by molar-refractivity contribution is 0.0577. The number of hydrogen-bond donors (Lipinski definition) is 2. The summed E-state index contributed by atoms with van der Waals surface area (Å²) in [6.45, 7) is 2.96. The van der Waals surface area contributed by atoms with Crippen molar-refractivity contribution in [3.05, 3.63) is 29.8 Å². The van der Waals surface area contributed by atoms with E-state index in [0.29, 0.717) is 18.7 Å². The van der Waals surface area contributed by atoms with Crippen LogP contribution in [0, 0.1) is 5.41 Å². The minimum Gasteiger partial charge on any atom is -0.384 e. The molecule has 0 aliphatic carbocycles. The maximum atomic E-state index is 12.7. The number of methoxy groups -OCH3 is 2. The molecule has 130 valence electrons. The SMILES string of the molecule is COCc1ccccc1S(=O)(=O)NCC1(COC)CCNCC1. The summed E-state index contributed by atoms with van der Waals surface area (Å²) in [5, 5.41) is 3.30. The van der Waals surface area contributed by atoms with Crippen LogP contribution in [0.1, 0.15) is 18.4 Å². The fraction of sp³-hybridized carbons (Fsp3) is 0.625. The summed E-state index contributed by atoms with van der Waals surface area (Å²) in [5.41, 5.74) is 0.511. The van der Waals surface area contributed by atoms with E-state index < -0.39 is 10.0 Å². The second-order valence-corrected chi connectivity index (χ2v) is 7.78. The van der Waals surface area contributed by atoms with Crippen LogP contribution >= 0.6 is 0 Å². The van der Waals surface area contributed by atoms with E-state index in [1.54, 1.807) is 32.4 Å². The second-order valence-electron chi connectivity index (χ2n) is 6.05. The standard InChI is InChI=1S/C16H26N2O4S/c1-21-11-14-5-3-4-6-15(14)23(19,20)18-12-16(13-22-2)7-9-17-10-8-16/h3-6,17-18H,7-13H2,1-2H3. The molecule has 1 aromatic rings. The number of sulfonamides is 1. The zero-order chi connectivity index (χ0) is 16.8. The molecule has 1 fully saturated rings. The van der Waals surface area contributed by atoms with Crippen LogP contribution in [0.4, 0.5) is 0 Å². The molecule has 7 heteroatoms. The summed E-state index contributed by atoms with van der Waals surface area (Å²) in [6.07, 6.45) is 1.78. The van der Waals surface area contributed by atoms with Crippen molar-refractivity contribution in [2.45, 2.75) is 24.3 Å². The highest BCUT2D eigenvalue weighted by Crippen LogP contribution is 2.29. The largest absolute Gasteiger partial charge is 0.384 e. The first-order chi connectivity index (χ1) is 11.0. The van der Waals surface area contributed by atoms with Gasteiger partial charge in [0.25, 0.3) is 0 Å². The molecule has 0 aromatic heterocycles. The van der Waals surface area contributed by atoms with Crippen molar-refractivity contribution in [3.8, 4) is 0 Å². The smallest absolute Gasteiger partial charge is 0.240 e. The average Bonchev–Trinajstić information content (AvgIpc) is 2.55. The molecule has 6 nitrogen and oxygen atoms in total. The van der Waals surface area contributed by atoms with Gasteiger partial charge < -0.3 is 14.8 Å². The molecule has 1 aliphatic heterocycles. The van der Waals surface area contributed by atoms with Gasteiger partial charge in [-0.05, 0) is 37.6 Å². The highest BCUT2D eigenvalue weighted by Gasteiger charge is 2.33. The molecule has 1 aliphatic rings. The fourth-order valence-corrected chi connectivity index (χ4v) is 4.38. The van der Waals surface area contributed by atoms with Crippen molar-refractivity contribution < 1.29 is 17.9 Å². The van der Waals surface area contributed by atoms with E-state index in [2.05, 4.69) is 10.0 Å². The normalized spacial score (nSPS) is 18.0. The Morgan fingerprint density at radius 3 is 2.52 bits per heavy atom. The van der Waals surface area contributed by atoms with Crippen LogP contribution in [-0.2, 0) is 26.1 Å². The van der Waals surface area contributed by atoms with Crippen LogP contribution in [0.25, 0.3) is 0 Å². The summed E-state index contributed by atoms with van der Waals surface area (Å²) in [5.74, 6) is 0. The van der Waals surface area contributed by atoms with Crippen LogP contribution in [-0.4, -0.2) is 48.9 Å². The Labute approximate surface area is 138 Å². The van der Waals surface area contributed by atoms with Crippen molar-refractivity contribution in [1.29, 1.82) is 0 Å². The summed E-state index contributed by atoms with van der Waals surface area (Å²) in [4.78, 5) is 0.281. The third-order valence-corrected chi connectivity index (χ3v) is 5.82.